The van der Waals surface area contributed by atoms with Crippen molar-refractivity contribution in [2.24, 2.45) is 0 Å². The maximum Gasteiger partial charge on any atom is 0.248 e. The van der Waals surface area contributed by atoms with E-state index in [4.69, 9.17) is 5.11 Å². The van der Waals surface area contributed by atoms with E-state index in [1.54, 1.807) is 6.07 Å². The van der Waals surface area contributed by atoms with Gasteiger partial charge in [0.15, 0.2) is 0 Å². The maximum atomic E-state index is 10.8. The fourth-order valence-corrected chi connectivity index (χ4v) is 0.654. The van der Waals surface area contributed by atoms with E-state index in [9.17, 15) is 4.79 Å². The number of nitrogens with one attached hydrogen (secondary N) is 1. The van der Waals surface area contributed by atoms with Crippen molar-refractivity contribution in [1.29, 1.82) is 0 Å². The van der Waals surface area contributed by atoms with E-state index in [1.165, 1.54) is 13.2 Å². The highest BCUT2D eigenvalue weighted by Crippen LogP contribution is 1.93. The van der Waals surface area contributed by atoms with Gasteiger partial charge in [0, 0.05) is 6.07 Å². The van der Waals surface area contributed by atoms with Crippen LogP contribution in [0.2, 0.25) is 0 Å². The van der Waals surface area contributed by atoms with Gasteiger partial charge in [0.25, 0.3) is 0 Å². The topological polar surface area (TPSA) is 75.4 Å². The second-order valence-electron chi connectivity index (χ2n) is 2.38. The number of hydrogen-bond donors (Lipinski definition) is 2. The van der Waals surface area contributed by atoms with E-state index in [0.717, 1.165) is 0 Å². The van der Waals surface area contributed by atoms with Gasteiger partial charge >= 0.3 is 0 Å². The van der Waals surface area contributed by atoms with Gasteiger partial charge in [-0.15, -0.1) is 0 Å². The first kappa shape index (κ1) is 8.73. The molecule has 0 bridgehead atoms. The molecule has 5 nitrogen and oxygen atoms in total. The van der Waals surface area contributed by atoms with Crippen LogP contribution in [0.3, 0.4) is 0 Å². The second kappa shape index (κ2) is 3.87. The quantitative estimate of drug-likeness (QED) is 0.651. The average molecular weight is 170 g/mol. The lowest BCUT2D eigenvalue weighted by Gasteiger charge is -2.03. The number of hydrogen-bond acceptors (Lipinski definition) is 4. The highest BCUT2D eigenvalue weighted by molar-refractivity contribution is 5.79. The largest absolute Gasteiger partial charge is 0.384 e. The van der Waals surface area contributed by atoms with Gasteiger partial charge < -0.3 is 14.9 Å². The number of aliphatic hydroxyl groups is 1. The molecule has 2 N–H and O–H groups in total. The number of amides is 1. The summed E-state index contributed by atoms with van der Waals surface area (Å²) in [7, 11) is 0. The number of aliphatic hydroxyl groups excluding tert-OH is 1. The Kier molecular flexibility index (Phi) is 2.82. The van der Waals surface area contributed by atoms with Crippen LogP contribution in [0.4, 0.5) is 0 Å². The number of rotatable bonds is 3. The van der Waals surface area contributed by atoms with Crippen LogP contribution >= 0.6 is 0 Å². The van der Waals surface area contributed by atoms with Crippen molar-refractivity contribution >= 4 is 5.91 Å². The van der Waals surface area contributed by atoms with Crippen LogP contribution in [0, 0.1) is 0 Å². The summed E-state index contributed by atoms with van der Waals surface area (Å²) in [5.74, 6) is -0.419. The molecule has 1 aromatic rings. The van der Waals surface area contributed by atoms with E-state index in [-0.39, 0.29) is 6.54 Å². The van der Waals surface area contributed by atoms with E-state index >= 15 is 0 Å². The standard InChI is InChI=1S/C7H10N2O3/c1-5(10)7(11)8-4-6-2-3-12-9-6/h2-3,5,10H,4H2,1H3,(H,8,11)/t5-/m0/s1. The Labute approximate surface area is 69.4 Å². The summed E-state index contributed by atoms with van der Waals surface area (Å²) in [4.78, 5) is 10.8. The Hall–Kier alpha value is -1.36. The molecule has 0 aliphatic heterocycles. The Morgan fingerprint density at radius 2 is 2.67 bits per heavy atom. The Morgan fingerprint density at radius 3 is 3.17 bits per heavy atom. The summed E-state index contributed by atoms with van der Waals surface area (Å²) in [5, 5.41) is 14.8. The van der Waals surface area contributed by atoms with Crippen molar-refractivity contribution < 1.29 is 14.4 Å². The third-order valence-corrected chi connectivity index (χ3v) is 1.31. The molecule has 0 saturated heterocycles. The second-order valence-corrected chi connectivity index (χ2v) is 2.38. The van der Waals surface area contributed by atoms with Crippen LogP contribution in [0.1, 0.15) is 12.6 Å². The zero-order chi connectivity index (χ0) is 8.97. The summed E-state index contributed by atoms with van der Waals surface area (Å²) < 4.78 is 4.54. The Bertz CT molecular complexity index is 243. The third kappa shape index (κ3) is 2.35. The molecule has 0 aliphatic rings. The summed E-state index contributed by atoms with van der Waals surface area (Å²) in [5.41, 5.74) is 0.629. The maximum absolute atomic E-state index is 10.8. The lowest BCUT2D eigenvalue weighted by atomic mass is 10.3. The normalized spacial score (nSPS) is 12.5. The van der Waals surface area contributed by atoms with Crippen LogP contribution in [0.25, 0.3) is 0 Å². The molecule has 1 heterocycles. The molecule has 1 rings (SSSR count). The van der Waals surface area contributed by atoms with Crippen LogP contribution in [-0.2, 0) is 11.3 Å². The summed E-state index contributed by atoms with van der Waals surface area (Å²) in [6, 6.07) is 1.64. The molecule has 0 radical (unpaired) electrons. The Morgan fingerprint density at radius 1 is 1.92 bits per heavy atom. The van der Waals surface area contributed by atoms with Crippen LogP contribution in [0.5, 0.6) is 0 Å². The van der Waals surface area contributed by atoms with Crippen molar-refractivity contribution in [1.82, 2.24) is 10.5 Å². The molecule has 1 aromatic heterocycles. The smallest absolute Gasteiger partial charge is 0.248 e. The number of carbonyl (C=O) groups is 1. The first-order valence-corrected chi connectivity index (χ1v) is 3.55. The summed E-state index contributed by atoms with van der Waals surface area (Å²) in [6.07, 6.45) is 0.432. The fraction of sp³-hybridized carbons (Fsp3) is 0.429. The molecule has 0 spiro atoms. The zero-order valence-electron chi connectivity index (χ0n) is 6.65. The predicted octanol–water partition coefficient (Wildman–Crippen LogP) is -0.328. The van der Waals surface area contributed by atoms with Crippen molar-refractivity contribution in [3.63, 3.8) is 0 Å². The molecule has 0 unspecified atom stereocenters. The molecule has 66 valence electrons. The molecular weight excluding hydrogens is 160 g/mol. The van der Waals surface area contributed by atoms with Crippen molar-refractivity contribution in [2.45, 2.75) is 19.6 Å². The fourth-order valence-electron chi connectivity index (χ4n) is 0.654. The number of aromatic nitrogens is 1. The SMILES string of the molecule is C[C@H](O)C(=O)NCc1ccon1. The summed E-state index contributed by atoms with van der Waals surface area (Å²) >= 11 is 0. The predicted molar refractivity (Wildman–Crippen MR) is 40.0 cm³/mol. The van der Waals surface area contributed by atoms with Gasteiger partial charge in [0.2, 0.25) is 5.91 Å². The van der Waals surface area contributed by atoms with Crippen molar-refractivity contribution in [3.05, 3.63) is 18.0 Å². The van der Waals surface area contributed by atoms with Gasteiger partial charge in [0.1, 0.15) is 18.1 Å². The minimum absolute atomic E-state index is 0.278. The van der Waals surface area contributed by atoms with E-state index in [2.05, 4.69) is 15.0 Å². The monoisotopic (exact) mass is 170 g/mol. The van der Waals surface area contributed by atoms with Crippen LogP contribution in [0.15, 0.2) is 16.9 Å². The third-order valence-electron chi connectivity index (χ3n) is 1.31. The van der Waals surface area contributed by atoms with E-state index in [0.29, 0.717) is 5.69 Å². The van der Waals surface area contributed by atoms with Gasteiger partial charge in [-0.25, -0.2) is 0 Å². The lowest BCUT2D eigenvalue weighted by Crippen LogP contribution is -2.31. The molecule has 0 aromatic carbocycles. The molecular formula is C7H10N2O3. The highest BCUT2D eigenvalue weighted by Gasteiger charge is 2.07. The van der Waals surface area contributed by atoms with Crippen molar-refractivity contribution in [3.8, 4) is 0 Å². The van der Waals surface area contributed by atoms with Gasteiger partial charge in [-0.3, -0.25) is 4.79 Å². The van der Waals surface area contributed by atoms with Crippen LogP contribution < -0.4 is 5.32 Å². The molecule has 0 saturated carbocycles. The number of carbonyl (C=O) groups excluding carboxylic acids is 1. The zero-order valence-corrected chi connectivity index (χ0v) is 6.65. The van der Waals surface area contributed by atoms with Crippen LogP contribution in [-0.4, -0.2) is 22.3 Å². The molecule has 12 heavy (non-hydrogen) atoms. The minimum Gasteiger partial charge on any atom is -0.384 e. The molecule has 1 amide bonds. The van der Waals surface area contributed by atoms with Crippen molar-refractivity contribution in [2.75, 3.05) is 0 Å². The van der Waals surface area contributed by atoms with Gasteiger partial charge in [-0.2, -0.15) is 0 Å². The number of nitrogens with zero attached hydrogens (tertiary/aromatic N) is 1. The average Bonchev–Trinajstić information content (AvgIpc) is 2.51. The molecule has 0 fully saturated rings. The van der Waals surface area contributed by atoms with E-state index < -0.39 is 12.0 Å². The highest BCUT2D eigenvalue weighted by atomic mass is 16.5. The molecule has 5 heteroatoms. The van der Waals surface area contributed by atoms with Gasteiger partial charge in [-0.1, -0.05) is 5.16 Å². The van der Waals surface area contributed by atoms with Gasteiger partial charge in [-0.05, 0) is 6.92 Å². The summed E-state index contributed by atoms with van der Waals surface area (Å²) in [6.45, 7) is 1.68. The Balaban J connectivity index is 2.32. The molecule has 1 atom stereocenters. The molecule has 0 aliphatic carbocycles. The minimum atomic E-state index is -0.989. The first-order chi connectivity index (χ1) is 5.70. The van der Waals surface area contributed by atoms with Gasteiger partial charge in [0.05, 0.1) is 6.54 Å². The lowest BCUT2D eigenvalue weighted by molar-refractivity contribution is -0.128. The van der Waals surface area contributed by atoms with E-state index in [1.807, 2.05) is 0 Å². The first-order valence-electron chi connectivity index (χ1n) is 3.55.